The number of nitrogens with zero attached hydrogens (tertiary/aromatic N) is 6. The van der Waals surface area contributed by atoms with Crippen molar-refractivity contribution in [1.29, 1.82) is 5.26 Å². The number of hydrogen-bond donors (Lipinski definition) is 1. The number of fused-ring (bicyclic) bond motifs is 1. The molecular formula is C19H20N6O. The SMILES string of the molecule is CN(c1ccnc(-c2cnn3ccc(C#N)cc23)n1)[C@H]1CC[C@H](O)CC1. The number of aliphatic hydroxyl groups is 1. The maximum atomic E-state index is 9.72. The minimum absolute atomic E-state index is 0.172. The lowest BCUT2D eigenvalue weighted by Gasteiger charge is -2.33. The molecule has 3 aromatic rings. The normalized spacial score (nSPS) is 20.0. The predicted octanol–water partition coefficient (Wildman–Crippen LogP) is 2.40. The second-order valence-corrected chi connectivity index (χ2v) is 6.73. The van der Waals surface area contributed by atoms with Gasteiger partial charge in [-0.15, -0.1) is 0 Å². The topological polar surface area (TPSA) is 90.3 Å². The van der Waals surface area contributed by atoms with Crippen LogP contribution < -0.4 is 4.90 Å². The van der Waals surface area contributed by atoms with E-state index in [-0.39, 0.29) is 6.10 Å². The highest BCUT2D eigenvalue weighted by atomic mass is 16.3. The zero-order valence-corrected chi connectivity index (χ0v) is 14.6. The van der Waals surface area contributed by atoms with Gasteiger partial charge in [-0.25, -0.2) is 14.5 Å². The van der Waals surface area contributed by atoms with Crippen LogP contribution in [-0.4, -0.2) is 43.9 Å². The van der Waals surface area contributed by atoms with E-state index < -0.39 is 0 Å². The maximum Gasteiger partial charge on any atom is 0.165 e. The molecule has 132 valence electrons. The van der Waals surface area contributed by atoms with Crippen LogP contribution in [0.3, 0.4) is 0 Å². The number of rotatable bonds is 3. The van der Waals surface area contributed by atoms with Crippen LogP contribution in [0.2, 0.25) is 0 Å². The summed E-state index contributed by atoms with van der Waals surface area (Å²) in [5.74, 6) is 1.45. The van der Waals surface area contributed by atoms with Crippen molar-refractivity contribution in [2.24, 2.45) is 0 Å². The molecule has 0 unspecified atom stereocenters. The van der Waals surface area contributed by atoms with Crippen molar-refractivity contribution in [2.45, 2.75) is 37.8 Å². The van der Waals surface area contributed by atoms with Gasteiger partial charge in [-0.3, -0.25) is 0 Å². The van der Waals surface area contributed by atoms with Crippen molar-refractivity contribution in [3.63, 3.8) is 0 Å². The van der Waals surface area contributed by atoms with Crippen LogP contribution in [0.25, 0.3) is 16.9 Å². The Morgan fingerprint density at radius 2 is 2.08 bits per heavy atom. The Balaban J connectivity index is 1.67. The van der Waals surface area contributed by atoms with Crippen LogP contribution >= 0.6 is 0 Å². The van der Waals surface area contributed by atoms with Gasteiger partial charge >= 0.3 is 0 Å². The molecule has 7 nitrogen and oxygen atoms in total. The molecule has 3 heterocycles. The summed E-state index contributed by atoms with van der Waals surface area (Å²) in [6.45, 7) is 0. The van der Waals surface area contributed by atoms with Crippen molar-refractivity contribution in [1.82, 2.24) is 19.6 Å². The Labute approximate surface area is 151 Å². The zero-order valence-electron chi connectivity index (χ0n) is 14.6. The van der Waals surface area contributed by atoms with Gasteiger partial charge in [0.25, 0.3) is 0 Å². The summed E-state index contributed by atoms with van der Waals surface area (Å²) in [4.78, 5) is 11.3. The lowest BCUT2D eigenvalue weighted by molar-refractivity contribution is 0.122. The summed E-state index contributed by atoms with van der Waals surface area (Å²) in [6, 6.07) is 7.95. The maximum absolute atomic E-state index is 9.72. The Kier molecular flexibility index (Phi) is 4.27. The van der Waals surface area contributed by atoms with Gasteiger partial charge in [-0.05, 0) is 43.9 Å². The van der Waals surface area contributed by atoms with E-state index in [0.29, 0.717) is 17.4 Å². The highest BCUT2D eigenvalue weighted by molar-refractivity contribution is 5.77. The minimum Gasteiger partial charge on any atom is -0.393 e. The Hall–Kier alpha value is -2.98. The first-order chi connectivity index (χ1) is 12.7. The summed E-state index contributed by atoms with van der Waals surface area (Å²) in [5.41, 5.74) is 2.19. The molecule has 4 rings (SSSR count). The average molecular weight is 348 g/mol. The van der Waals surface area contributed by atoms with Gasteiger partial charge in [0.2, 0.25) is 0 Å². The van der Waals surface area contributed by atoms with Gasteiger partial charge in [0, 0.05) is 25.5 Å². The smallest absolute Gasteiger partial charge is 0.165 e. The summed E-state index contributed by atoms with van der Waals surface area (Å²) in [5, 5.41) is 23.2. The molecule has 0 aliphatic heterocycles. The lowest BCUT2D eigenvalue weighted by atomic mass is 9.92. The predicted molar refractivity (Wildman–Crippen MR) is 97.6 cm³/mol. The number of hydrogen-bond acceptors (Lipinski definition) is 6. The second-order valence-electron chi connectivity index (χ2n) is 6.73. The van der Waals surface area contributed by atoms with Gasteiger partial charge in [0.15, 0.2) is 5.82 Å². The monoisotopic (exact) mass is 348 g/mol. The number of aliphatic hydroxyl groups excluding tert-OH is 1. The highest BCUT2D eigenvalue weighted by Gasteiger charge is 2.24. The summed E-state index contributed by atoms with van der Waals surface area (Å²) in [7, 11) is 2.04. The molecule has 0 saturated heterocycles. The molecule has 1 saturated carbocycles. The fraction of sp³-hybridized carbons (Fsp3) is 0.368. The minimum atomic E-state index is -0.172. The fourth-order valence-electron chi connectivity index (χ4n) is 3.53. The van der Waals surface area contributed by atoms with Crippen LogP contribution in [0.1, 0.15) is 31.2 Å². The molecule has 3 aromatic heterocycles. The molecule has 1 aliphatic rings. The van der Waals surface area contributed by atoms with Gasteiger partial charge in [0.1, 0.15) is 5.82 Å². The Bertz CT molecular complexity index is 968. The van der Waals surface area contributed by atoms with Crippen LogP contribution in [0.15, 0.2) is 36.8 Å². The van der Waals surface area contributed by atoms with E-state index >= 15 is 0 Å². The van der Waals surface area contributed by atoms with Crippen LogP contribution in [0.5, 0.6) is 0 Å². The standard InChI is InChI=1S/C19H20N6O/c1-24(14-2-4-15(26)5-3-14)18-6-8-21-19(23-18)16-12-22-25-9-7-13(11-20)10-17(16)25/h6-10,12,14-15,26H,2-5H2,1H3/t14-,15-. The van der Waals surface area contributed by atoms with Crippen LogP contribution in [0.4, 0.5) is 5.82 Å². The molecular weight excluding hydrogens is 328 g/mol. The third-order valence-electron chi connectivity index (χ3n) is 5.11. The molecule has 0 atom stereocenters. The zero-order chi connectivity index (χ0) is 18.1. The van der Waals surface area contributed by atoms with Crippen molar-refractivity contribution in [2.75, 3.05) is 11.9 Å². The first-order valence-corrected chi connectivity index (χ1v) is 8.77. The molecule has 0 spiro atoms. The van der Waals surface area contributed by atoms with Crippen molar-refractivity contribution in [3.8, 4) is 17.5 Å². The van der Waals surface area contributed by atoms with E-state index in [4.69, 9.17) is 10.2 Å². The Morgan fingerprint density at radius 1 is 1.27 bits per heavy atom. The average Bonchev–Trinajstić information content (AvgIpc) is 3.11. The van der Waals surface area contributed by atoms with E-state index in [0.717, 1.165) is 42.6 Å². The van der Waals surface area contributed by atoms with Crippen LogP contribution in [0, 0.1) is 11.3 Å². The molecule has 0 radical (unpaired) electrons. The molecule has 1 N–H and O–H groups in total. The third-order valence-corrected chi connectivity index (χ3v) is 5.11. The molecule has 0 aromatic carbocycles. The van der Waals surface area contributed by atoms with Gasteiger partial charge < -0.3 is 10.0 Å². The van der Waals surface area contributed by atoms with Gasteiger partial charge in [0.05, 0.1) is 35.0 Å². The van der Waals surface area contributed by atoms with Crippen molar-refractivity contribution >= 4 is 11.3 Å². The molecule has 0 amide bonds. The quantitative estimate of drug-likeness (QED) is 0.782. The number of anilines is 1. The number of pyridine rings is 1. The summed E-state index contributed by atoms with van der Waals surface area (Å²) >= 11 is 0. The highest BCUT2D eigenvalue weighted by Crippen LogP contribution is 2.27. The van der Waals surface area contributed by atoms with E-state index in [1.807, 2.05) is 13.1 Å². The van der Waals surface area contributed by atoms with Crippen LogP contribution in [-0.2, 0) is 0 Å². The number of aromatic nitrogens is 4. The third kappa shape index (κ3) is 3.00. The van der Waals surface area contributed by atoms with Gasteiger partial charge in [-0.1, -0.05) is 0 Å². The van der Waals surface area contributed by atoms with E-state index in [1.54, 1.807) is 35.2 Å². The largest absolute Gasteiger partial charge is 0.393 e. The van der Waals surface area contributed by atoms with Gasteiger partial charge in [-0.2, -0.15) is 10.4 Å². The lowest BCUT2D eigenvalue weighted by Crippen LogP contribution is -2.36. The van der Waals surface area contributed by atoms with E-state index in [9.17, 15) is 5.11 Å². The van der Waals surface area contributed by atoms with E-state index in [2.05, 4.69) is 21.1 Å². The van der Waals surface area contributed by atoms with Crippen molar-refractivity contribution in [3.05, 3.63) is 42.4 Å². The van der Waals surface area contributed by atoms with Crippen molar-refractivity contribution < 1.29 is 5.11 Å². The molecule has 1 fully saturated rings. The van der Waals surface area contributed by atoms with E-state index in [1.165, 1.54) is 0 Å². The Morgan fingerprint density at radius 3 is 2.85 bits per heavy atom. The first-order valence-electron chi connectivity index (χ1n) is 8.77. The molecule has 26 heavy (non-hydrogen) atoms. The fourth-order valence-corrected chi connectivity index (χ4v) is 3.53. The first kappa shape index (κ1) is 16.5. The summed E-state index contributed by atoms with van der Waals surface area (Å²) < 4.78 is 1.72. The summed E-state index contributed by atoms with van der Waals surface area (Å²) in [6.07, 6.45) is 8.65. The molecule has 0 bridgehead atoms. The second kappa shape index (κ2) is 6.73. The number of nitriles is 1. The molecule has 1 aliphatic carbocycles. The molecule has 7 heteroatoms.